The Kier molecular flexibility index (Phi) is 5.38. The van der Waals surface area contributed by atoms with Crippen molar-refractivity contribution in [2.24, 2.45) is 0 Å². The van der Waals surface area contributed by atoms with E-state index in [2.05, 4.69) is 53.2 Å². The Morgan fingerprint density at radius 1 is 0.929 bits per heavy atom. The molecule has 1 aliphatic heterocycles. The highest BCUT2D eigenvalue weighted by Crippen LogP contribution is 2.32. The van der Waals surface area contributed by atoms with Crippen molar-refractivity contribution in [3.63, 3.8) is 0 Å². The van der Waals surface area contributed by atoms with Gasteiger partial charge < -0.3 is 9.80 Å². The Balaban J connectivity index is 1.49. The fraction of sp³-hybridized carbons (Fsp3) is 0.250. The summed E-state index contributed by atoms with van der Waals surface area (Å²) in [4.78, 5) is 21.7. The van der Waals surface area contributed by atoms with Gasteiger partial charge in [0.25, 0.3) is 0 Å². The molecule has 1 aliphatic rings. The number of amides is 1. The summed E-state index contributed by atoms with van der Waals surface area (Å²) in [5.74, 6) is 1.05. The number of carbonyl (C=O) groups excluding carboxylic acids is 1. The smallest absolute Gasteiger partial charge is 0.227 e. The average Bonchev–Trinajstić information content (AvgIpc) is 2.74. The van der Waals surface area contributed by atoms with Crippen molar-refractivity contribution in [2.45, 2.75) is 26.3 Å². The van der Waals surface area contributed by atoms with Gasteiger partial charge in [-0.15, -0.1) is 0 Å². The van der Waals surface area contributed by atoms with E-state index in [4.69, 9.17) is 0 Å². The molecule has 0 fully saturated rings. The maximum Gasteiger partial charge on any atom is 0.227 e. The van der Waals surface area contributed by atoms with Crippen molar-refractivity contribution in [1.29, 1.82) is 0 Å². The SMILES string of the molecule is Cc1ccc(CN2CCN(C(=O)CCc3ccccc3)c3cccnc32)cc1. The van der Waals surface area contributed by atoms with Crippen LogP contribution >= 0.6 is 0 Å². The molecular formula is C24H25N3O. The quantitative estimate of drug-likeness (QED) is 0.668. The zero-order chi connectivity index (χ0) is 19.3. The van der Waals surface area contributed by atoms with Crippen molar-refractivity contribution in [3.05, 3.63) is 89.6 Å². The summed E-state index contributed by atoms with van der Waals surface area (Å²) in [7, 11) is 0. The number of hydrogen-bond donors (Lipinski definition) is 0. The fourth-order valence-electron chi connectivity index (χ4n) is 3.65. The second kappa shape index (κ2) is 8.26. The van der Waals surface area contributed by atoms with Crippen molar-refractivity contribution < 1.29 is 4.79 Å². The van der Waals surface area contributed by atoms with Gasteiger partial charge >= 0.3 is 0 Å². The molecule has 0 saturated carbocycles. The molecule has 3 aromatic rings. The first kappa shape index (κ1) is 18.2. The van der Waals surface area contributed by atoms with E-state index in [0.29, 0.717) is 13.0 Å². The highest BCUT2D eigenvalue weighted by atomic mass is 16.2. The third-order valence-electron chi connectivity index (χ3n) is 5.22. The number of anilines is 2. The van der Waals surface area contributed by atoms with E-state index in [1.165, 1.54) is 16.7 Å². The molecule has 4 rings (SSSR count). The second-order valence-corrected chi connectivity index (χ2v) is 7.28. The molecule has 0 unspecified atom stereocenters. The van der Waals surface area contributed by atoms with Gasteiger partial charge in [-0.05, 0) is 36.6 Å². The molecule has 0 spiro atoms. The molecule has 0 radical (unpaired) electrons. The summed E-state index contributed by atoms with van der Waals surface area (Å²) >= 11 is 0. The predicted molar refractivity (Wildman–Crippen MR) is 114 cm³/mol. The topological polar surface area (TPSA) is 36.4 Å². The minimum Gasteiger partial charge on any atom is -0.349 e. The van der Waals surface area contributed by atoms with Crippen molar-refractivity contribution >= 4 is 17.4 Å². The molecule has 4 nitrogen and oxygen atoms in total. The molecule has 28 heavy (non-hydrogen) atoms. The standard InChI is InChI=1S/C24H25N3O/c1-19-9-11-21(12-10-19)18-26-16-17-27(22-8-5-15-25-24(22)26)23(28)14-13-20-6-3-2-4-7-20/h2-12,15H,13-14,16-18H2,1H3. The number of benzene rings is 2. The van der Waals surface area contributed by atoms with E-state index in [1.807, 2.05) is 35.2 Å². The van der Waals surface area contributed by atoms with Gasteiger partial charge in [-0.1, -0.05) is 60.2 Å². The minimum atomic E-state index is 0.160. The predicted octanol–water partition coefficient (Wildman–Crippen LogP) is 4.38. The fourth-order valence-corrected chi connectivity index (χ4v) is 3.65. The monoisotopic (exact) mass is 371 g/mol. The Morgan fingerprint density at radius 2 is 1.71 bits per heavy atom. The van der Waals surface area contributed by atoms with E-state index < -0.39 is 0 Å². The summed E-state index contributed by atoms with van der Waals surface area (Å²) in [5, 5.41) is 0. The van der Waals surface area contributed by atoms with E-state index in [9.17, 15) is 4.79 Å². The van der Waals surface area contributed by atoms with Crippen LogP contribution in [0.4, 0.5) is 11.5 Å². The van der Waals surface area contributed by atoms with Crippen molar-refractivity contribution in [2.75, 3.05) is 22.9 Å². The number of pyridine rings is 1. The van der Waals surface area contributed by atoms with Gasteiger partial charge in [0.15, 0.2) is 5.82 Å². The van der Waals surface area contributed by atoms with E-state index in [0.717, 1.165) is 31.0 Å². The van der Waals surface area contributed by atoms with Crippen LogP contribution in [0.3, 0.4) is 0 Å². The maximum absolute atomic E-state index is 12.9. The number of nitrogens with zero attached hydrogens (tertiary/aromatic N) is 3. The first-order valence-corrected chi connectivity index (χ1v) is 9.80. The Morgan fingerprint density at radius 3 is 2.50 bits per heavy atom. The number of fused-ring (bicyclic) bond motifs is 1. The number of aromatic nitrogens is 1. The highest BCUT2D eigenvalue weighted by molar-refractivity contribution is 5.97. The molecule has 2 heterocycles. The normalized spacial score (nSPS) is 13.3. The summed E-state index contributed by atoms with van der Waals surface area (Å²) < 4.78 is 0. The summed E-state index contributed by atoms with van der Waals surface area (Å²) in [5.41, 5.74) is 4.63. The van der Waals surface area contributed by atoms with Crippen LogP contribution in [0, 0.1) is 6.92 Å². The molecule has 0 saturated heterocycles. The molecule has 0 N–H and O–H groups in total. The molecule has 1 aromatic heterocycles. The minimum absolute atomic E-state index is 0.160. The number of carbonyl (C=O) groups is 1. The lowest BCUT2D eigenvalue weighted by molar-refractivity contribution is -0.118. The van der Waals surface area contributed by atoms with Gasteiger partial charge in [-0.2, -0.15) is 0 Å². The molecule has 142 valence electrons. The summed E-state index contributed by atoms with van der Waals surface area (Å²) in [6.07, 6.45) is 3.08. The van der Waals surface area contributed by atoms with Gasteiger partial charge in [-0.3, -0.25) is 4.79 Å². The van der Waals surface area contributed by atoms with Gasteiger partial charge in [-0.25, -0.2) is 4.98 Å². The molecule has 0 aliphatic carbocycles. The van der Waals surface area contributed by atoms with Crippen LogP contribution in [0.25, 0.3) is 0 Å². The highest BCUT2D eigenvalue weighted by Gasteiger charge is 2.27. The number of aryl methyl sites for hydroxylation is 2. The molecule has 4 heteroatoms. The van der Waals surface area contributed by atoms with Crippen molar-refractivity contribution in [3.8, 4) is 0 Å². The third-order valence-corrected chi connectivity index (χ3v) is 5.22. The van der Waals surface area contributed by atoms with Gasteiger partial charge in [0, 0.05) is 32.3 Å². The summed E-state index contributed by atoms with van der Waals surface area (Å²) in [6.45, 7) is 4.38. The average molecular weight is 371 g/mol. The van der Waals surface area contributed by atoms with Gasteiger partial charge in [0.05, 0.1) is 5.69 Å². The van der Waals surface area contributed by atoms with Crippen LogP contribution in [0.1, 0.15) is 23.1 Å². The van der Waals surface area contributed by atoms with E-state index in [1.54, 1.807) is 6.20 Å². The zero-order valence-electron chi connectivity index (χ0n) is 16.2. The number of rotatable bonds is 5. The lowest BCUT2D eigenvalue weighted by Crippen LogP contribution is -2.44. The lowest BCUT2D eigenvalue weighted by atomic mass is 10.1. The molecule has 1 amide bonds. The van der Waals surface area contributed by atoms with Gasteiger partial charge in [0.1, 0.15) is 0 Å². The zero-order valence-corrected chi connectivity index (χ0v) is 16.2. The first-order chi connectivity index (χ1) is 13.7. The van der Waals surface area contributed by atoms with Crippen LogP contribution in [-0.4, -0.2) is 24.0 Å². The van der Waals surface area contributed by atoms with Crippen LogP contribution in [0.2, 0.25) is 0 Å². The molecular weight excluding hydrogens is 346 g/mol. The van der Waals surface area contributed by atoms with Gasteiger partial charge in [0.2, 0.25) is 5.91 Å². The molecule has 0 bridgehead atoms. The summed E-state index contributed by atoms with van der Waals surface area (Å²) in [6, 6.07) is 22.7. The largest absolute Gasteiger partial charge is 0.349 e. The van der Waals surface area contributed by atoms with E-state index in [-0.39, 0.29) is 5.91 Å². The Bertz CT molecular complexity index is 938. The van der Waals surface area contributed by atoms with Crippen molar-refractivity contribution in [1.82, 2.24) is 4.98 Å². The second-order valence-electron chi connectivity index (χ2n) is 7.28. The van der Waals surface area contributed by atoms with Crippen LogP contribution in [0.15, 0.2) is 72.9 Å². The molecule has 2 aromatic carbocycles. The lowest BCUT2D eigenvalue weighted by Gasteiger charge is -2.36. The van der Waals surface area contributed by atoms with Crippen LogP contribution < -0.4 is 9.80 Å². The third kappa shape index (κ3) is 4.06. The molecule has 0 atom stereocenters. The Hall–Kier alpha value is -3.14. The van der Waals surface area contributed by atoms with E-state index >= 15 is 0 Å². The number of hydrogen-bond acceptors (Lipinski definition) is 3. The first-order valence-electron chi connectivity index (χ1n) is 9.80. The Labute approximate surface area is 166 Å². The van der Waals surface area contributed by atoms with Crippen LogP contribution in [0.5, 0.6) is 0 Å². The maximum atomic E-state index is 12.9. The van der Waals surface area contributed by atoms with Crippen LogP contribution in [-0.2, 0) is 17.8 Å².